The molecule has 0 fully saturated rings. The molecule has 0 aliphatic heterocycles. The third-order valence-corrected chi connectivity index (χ3v) is 5.27. The van der Waals surface area contributed by atoms with E-state index >= 15 is 0 Å². The molecule has 1 aromatic heterocycles. The molecule has 2 amide bonds. The van der Waals surface area contributed by atoms with Crippen molar-refractivity contribution in [3.05, 3.63) is 72.1 Å². The van der Waals surface area contributed by atoms with Crippen LogP contribution in [0.1, 0.15) is 23.0 Å². The SMILES string of the molecule is CC(=O)Nc1ccccc1C(=O)Nc1ccc(S(=O)(=O)Nc2nccc(C)n2)cc1. The molecule has 0 bridgehead atoms. The lowest BCUT2D eigenvalue weighted by Gasteiger charge is -2.11. The minimum Gasteiger partial charge on any atom is -0.326 e. The Labute approximate surface area is 173 Å². The number of anilines is 3. The lowest BCUT2D eigenvalue weighted by Crippen LogP contribution is -2.17. The zero-order valence-electron chi connectivity index (χ0n) is 16.2. The molecule has 3 N–H and O–H groups in total. The van der Waals surface area contributed by atoms with Gasteiger partial charge in [-0.2, -0.15) is 0 Å². The second-order valence-corrected chi connectivity index (χ2v) is 8.01. The quantitative estimate of drug-likeness (QED) is 0.557. The number of hydrogen-bond acceptors (Lipinski definition) is 6. The fourth-order valence-electron chi connectivity index (χ4n) is 2.57. The maximum Gasteiger partial charge on any atom is 0.264 e. The van der Waals surface area contributed by atoms with Crippen molar-refractivity contribution in [1.82, 2.24) is 9.97 Å². The largest absolute Gasteiger partial charge is 0.326 e. The molecule has 3 aromatic rings. The van der Waals surface area contributed by atoms with Crippen LogP contribution in [-0.2, 0) is 14.8 Å². The van der Waals surface area contributed by atoms with E-state index in [1.54, 1.807) is 37.3 Å². The number of hydrogen-bond donors (Lipinski definition) is 3. The Morgan fingerprint density at radius 3 is 2.30 bits per heavy atom. The number of carbonyl (C=O) groups excluding carboxylic acids is 2. The van der Waals surface area contributed by atoms with E-state index in [9.17, 15) is 18.0 Å². The van der Waals surface area contributed by atoms with E-state index < -0.39 is 15.9 Å². The average molecular weight is 425 g/mol. The van der Waals surface area contributed by atoms with Crippen LogP contribution in [0.4, 0.5) is 17.3 Å². The van der Waals surface area contributed by atoms with Gasteiger partial charge in [0.2, 0.25) is 11.9 Å². The van der Waals surface area contributed by atoms with Gasteiger partial charge in [-0.05, 0) is 49.4 Å². The Morgan fingerprint density at radius 2 is 1.63 bits per heavy atom. The van der Waals surface area contributed by atoms with E-state index in [1.807, 2.05) is 0 Å². The van der Waals surface area contributed by atoms with Crippen LogP contribution in [0.5, 0.6) is 0 Å². The Morgan fingerprint density at radius 1 is 0.933 bits per heavy atom. The molecule has 0 saturated heterocycles. The predicted octanol–water partition coefficient (Wildman–Crippen LogP) is 2.80. The van der Waals surface area contributed by atoms with Crippen molar-refractivity contribution in [3.63, 3.8) is 0 Å². The molecule has 9 nitrogen and oxygen atoms in total. The standard InChI is InChI=1S/C20H19N5O4S/c1-13-11-12-21-20(22-13)25-30(28,29)16-9-7-15(8-10-16)24-19(27)17-5-3-4-6-18(17)23-14(2)26/h3-12H,1-2H3,(H,23,26)(H,24,27)(H,21,22,25). The normalized spacial score (nSPS) is 10.9. The number of para-hydroxylation sites is 1. The van der Waals surface area contributed by atoms with Crippen molar-refractivity contribution in [3.8, 4) is 0 Å². The number of nitrogens with one attached hydrogen (secondary N) is 3. The smallest absolute Gasteiger partial charge is 0.264 e. The molecule has 0 saturated carbocycles. The highest BCUT2D eigenvalue weighted by Gasteiger charge is 2.17. The van der Waals surface area contributed by atoms with Crippen molar-refractivity contribution >= 4 is 39.2 Å². The summed E-state index contributed by atoms with van der Waals surface area (Å²) in [4.78, 5) is 31.8. The number of sulfonamides is 1. The predicted molar refractivity (Wildman–Crippen MR) is 113 cm³/mol. The molecule has 0 spiro atoms. The van der Waals surface area contributed by atoms with Gasteiger partial charge in [0.1, 0.15) is 0 Å². The van der Waals surface area contributed by atoms with Crippen molar-refractivity contribution in [2.45, 2.75) is 18.7 Å². The Hall–Kier alpha value is -3.79. The van der Waals surface area contributed by atoms with Crippen LogP contribution in [0, 0.1) is 6.92 Å². The molecule has 0 radical (unpaired) electrons. The van der Waals surface area contributed by atoms with Gasteiger partial charge in [0.15, 0.2) is 0 Å². The second kappa shape index (κ2) is 8.70. The molecule has 0 aliphatic rings. The lowest BCUT2D eigenvalue weighted by molar-refractivity contribution is -0.114. The summed E-state index contributed by atoms with van der Waals surface area (Å²) in [5.41, 5.74) is 1.68. The minimum absolute atomic E-state index is 0.00995. The number of aromatic nitrogens is 2. The summed E-state index contributed by atoms with van der Waals surface area (Å²) in [7, 11) is -3.88. The summed E-state index contributed by atoms with van der Waals surface area (Å²) in [6, 6.07) is 13.9. The van der Waals surface area contributed by atoms with E-state index in [4.69, 9.17) is 0 Å². The number of nitrogens with zero attached hydrogens (tertiary/aromatic N) is 2. The summed E-state index contributed by atoms with van der Waals surface area (Å²) in [6.07, 6.45) is 1.46. The fourth-order valence-corrected chi connectivity index (χ4v) is 3.52. The Balaban J connectivity index is 1.75. The van der Waals surface area contributed by atoms with Gasteiger partial charge < -0.3 is 10.6 Å². The van der Waals surface area contributed by atoms with Gasteiger partial charge in [0.05, 0.1) is 16.1 Å². The van der Waals surface area contributed by atoms with Crippen LogP contribution in [0.3, 0.4) is 0 Å². The molecule has 154 valence electrons. The van der Waals surface area contributed by atoms with Crippen molar-refractivity contribution in [2.24, 2.45) is 0 Å². The maximum atomic E-state index is 12.6. The number of carbonyl (C=O) groups is 2. The average Bonchev–Trinajstić information content (AvgIpc) is 2.68. The highest BCUT2D eigenvalue weighted by atomic mass is 32.2. The van der Waals surface area contributed by atoms with Crippen molar-refractivity contribution in [2.75, 3.05) is 15.4 Å². The third-order valence-electron chi connectivity index (χ3n) is 3.93. The third kappa shape index (κ3) is 5.17. The first-order valence-corrected chi connectivity index (χ1v) is 10.3. The van der Waals surface area contributed by atoms with Crippen LogP contribution in [0.15, 0.2) is 65.7 Å². The highest BCUT2D eigenvalue weighted by molar-refractivity contribution is 7.92. The first-order valence-electron chi connectivity index (χ1n) is 8.85. The molecule has 0 aliphatic carbocycles. The summed E-state index contributed by atoms with van der Waals surface area (Å²) in [5.74, 6) is -0.766. The number of rotatable bonds is 6. The van der Waals surface area contributed by atoms with Crippen molar-refractivity contribution in [1.29, 1.82) is 0 Å². The summed E-state index contributed by atoms with van der Waals surface area (Å²) in [6.45, 7) is 3.07. The van der Waals surface area contributed by atoms with Crippen LogP contribution in [-0.4, -0.2) is 30.2 Å². The zero-order valence-corrected chi connectivity index (χ0v) is 17.0. The molecule has 0 unspecified atom stereocenters. The summed E-state index contributed by atoms with van der Waals surface area (Å²) >= 11 is 0. The Bertz CT molecular complexity index is 1190. The summed E-state index contributed by atoms with van der Waals surface area (Å²) in [5, 5.41) is 5.27. The first-order chi connectivity index (χ1) is 14.2. The van der Waals surface area contributed by atoms with E-state index in [2.05, 4.69) is 25.3 Å². The molecule has 10 heteroatoms. The second-order valence-electron chi connectivity index (χ2n) is 6.33. The highest BCUT2D eigenvalue weighted by Crippen LogP contribution is 2.20. The molecular formula is C20H19N5O4S. The fraction of sp³-hybridized carbons (Fsp3) is 0.100. The van der Waals surface area contributed by atoms with Gasteiger partial charge in [-0.3, -0.25) is 9.59 Å². The van der Waals surface area contributed by atoms with Gasteiger partial charge in [-0.25, -0.2) is 23.1 Å². The van der Waals surface area contributed by atoms with Crippen LogP contribution >= 0.6 is 0 Å². The molecule has 30 heavy (non-hydrogen) atoms. The van der Waals surface area contributed by atoms with Gasteiger partial charge in [0, 0.05) is 24.5 Å². The number of benzene rings is 2. The minimum atomic E-state index is -3.88. The maximum absolute atomic E-state index is 12.6. The molecule has 3 rings (SSSR count). The van der Waals surface area contributed by atoms with Gasteiger partial charge in [-0.1, -0.05) is 12.1 Å². The van der Waals surface area contributed by atoms with Gasteiger partial charge in [0.25, 0.3) is 15.9 Å². The lowest BCUT2D eigenvalue weighted by atomic mass is 10.1. The van der Waals surface area contributed by atoms with Gasteiger partial charge >= 0.3 is 0 Å². The number of amides is 2. The molecule has 1 heterocycles. The topological polar surface area (TPSA) is 130 Å². The van der Waals surface area contributed by atoms with Crippen LogP contribution in [0.2, 0.25) is 0 Å². The van der Waals surface area contributed by atoms with E-state index in [-0.39, 0.29) is 22.3 Å². The first kappa shape index (κ1) is 20.9. The zero-order chi connectivity index (χ0) is 21.7. The monoisotopic (exact) mass is 425 g/mol. The van der Waals surface area contributed by atoms with Gasteiger partial charge in [-0.15, -0.1) is 0 Å². The van der Waals surface area contributed by atoms with Crippen LogP contribution < -0.4 is 15.4 Å². The Kier molecular flexibility index (Phi) is 6.07. The van der Waals surface area contributed by atoms with E-state index in [0.717, 1.165) is 0 Å². The van der Waals surface area contributed by atoms with Crippen molar-refractivity contribution < 1.29 is 18.0 Å². The van der Waals surface area contributed by atoms with E-state index in [1.165, 1.54) is 37.4 Å². The number of aryl methyl sites for hydroxylation is 1. The summed E-state index contributed by atoms with van der Waals surface area (Å²) < 4.78 is 27.3. The molecular weight excluding hydrogens is 406 g/mol. The molecule has 2 aromatic carbocycles. The van der Waals surface area contributed by atoms with Crippen LogP contribution in [0.25, 0.3) is 0 Å². The van der Waals surface area contributed by atoms with E-state index in [0.29, 0.717) is 17.1 Å². The molecule has 0 atom stereocenters.